The van der Waals surface area contributed by atoms with E-state index >= 15 is 0 Å². The average molecular weight is 269 g/mol. The van der Waals surface area contributed by atoms with Crippen molar-refractivity contribution in [3.63, 3.8) is 0 Å². The molecule has 4 nitrogen and oxygen atoms in total. The van der Waals surface area contributed by atoms with Gasteiger partial charge in [-0.1, -0.05) is 25.6 Å². The molecule has 1 amide bonds. The summed E-state index contributed by atoms with van der Waals surface area (Å²) in [5.41, 5.74) is 5.66. The van der Waals surface area contributed by atoms with Crippen LogP contribution in [0.4, 0.5) is 0 Å². The van der Waals surface area contributed by atoms with Gasteiger partial charge in [0.05, 0.1) is 10.9 Å². The number of piperidine rings is 1. The van der Waals surface area contributed by atoms with Crippen LogP contribution in [0, 0.1) is 5.92 Å². The minimum Gasteiger partial charge on any atom is -0.393 e. The highest BCUT2D eigenvalue weighted by Crippen LogP contribution is 2.22. The SMILES string of the molecule is CCC(C(=O)N1CCN2CCCCC2C1)C(N)=S. The molecule has 2 aliphatic heterocycles. The van der Waals surface area contributed by atoms with Crippen LogP contribution in [-0.2, 0) is 4.79 Å². The predicted molar refractivity (Wildman–Crippen MR) is 76.4 cm³/mol. The van der Waals surface area contributed by atoms with Gasteiger partial charge in [-0.05, 0) is 25.8 Å². The van der Waals surface area contributed by atoms with Crippen LogP contribution in [0.2, 0.25) is 0 Å². The van der Waals surface area contributed by atoms with E-state index in [4.69, 9.17) is 18.0 Å². The molecule has 2 saturated heterocycles. The van der Waals surface area contributed by atoms with E-state index in [1.54, 1.807) is 0 Å². The predicted octanol–water partition coefficient (Wildman–Crippen LogP) is 0.995. The molecule has 0 aromatic heterocycles. The number of fused-ring (bicyclic) bond motifs is 1. The van der Waals surface area contributed by atoms with Gasteiger partial charge in [0.25, 0.3) is 0 Å². The Labute approximate surface area is 114 Å². The molecule has 2 rings (SSSR count). The number of rotatable bonds is 3. The van der Waals surface area contributed by atoms with E-state index in [2.05, 4.69) is 4.90 Å². The number of hydrogen-bond donors (Lipinski definition) is 1. The molecule has 2 fully saturated rings. The molecule has 2 N–H and O–H groups in total. The highest BCUT2D eigenvalue weighted by molar-refractivity contribution is 7.80. The first-order valence-corrected chi connectivity index (χ1v) is 7.36. The molecular weight excluding hydrogens is 246 g/mol. The lowest BCUT2D eigenvalue weighted by Crippen LogP contribution is -2.57. The summed E-state index contributed by atoms with van der Waals surface area (Å²) >= 11 is 5.00. The highest BCUT2D eigenvalue weighted by Gasteiger charge is 2.33. The fraction of sp³-hybridized carbons (Fsp3) is 0.846. The van der Waals surface area contributed by atoms with Crippen LogP contribution >= 0.6 is 12.2 Å². The zero-order chi connectivity index (χ0) is 13.1. The molecule has 102 valence electrons. The van der Waals surface area contributed by atoms with Gasteiger partial charge in [-0.25, -0.2) is 0 Å². The van der Waals surface area contributed by atoms with E-state index in [-0.39, 0.29) is 11.8 Å². The minimum atomic E-state index is -0.268. The van der Waals surface area contributed by atoms with Gasteiger partial charge in [-0.2, -0.15) is 0 Å². The summed E-state index contributed by atoms with van der Waals surface area (Å²) in [6.07, 6.45) is 4.51. The minimum absolute atomic E-state index is 0.134. The first-order chi connectivity index (χ1) is 8.63. The van der Waals surface area contributed by atoms with Crippen molar-refractivity contribution in [2.45, 2.75) is 38.6 Å². The number of hydrogen-bond acceptors (Lipinski definition) is 3. The van der Waals surface area contributed by atoms with Crippen LogP contribution in [0.15, 0.2) is 0 Å². The largest absolute Gasteiger partial charge is 0.393 e. The van der Waals surface area contributed by atoms with Crippen LogP contribution in [0.5, 0.6) is 0 Å². The van der Waals surface area contributed by atoms with Gasteiger partial charge in [0.2, 0.25) is 5.91 Å². The number of nitrogens with two attached hydrogens (primary N) is 1. The van der Waals surface area contributed by atoms with E-state index in [0.717, 1.165) is 19.6 Å². The van der Waals surface area contributed by atoms with Gasteiger partial charge in [-0.15, -0.1) is 0 Å². The van der Waals surface area contributed by atoms with E-state index < -0.39 is 0 Å². The van der Waals surface area contributed by atoms with Crippen LogP contribution in [0.3, 0.4) is 0 Å². The Morgan fingerprint density at radius 2 is 2.17 bits per heavy atom. The summed E-state index contributed by atoms with van der Waals surface area (Å²) in [7, 11) is 0. The fourth-order valence-electron chi connectivity index (χ4n) is 3.07. The molecule has 2 atom stereocenters. The Hall–Kier alpha value is -0.680. The zero-order valence-electron chi connectivity index (χ0n) is 11.1. The second-order valence-electron chi connectivity index (χ2n) is 5.33. The van der Waals surface area contributed by atoms with E-state index in [1.807, 2.05) is 11.8 Å². The molecule has 2 aliphatic rings. The smallest absolute Gasteiger partial charge is 0.232 e. The van der Waals surface area contributed by atoms with Crippen molar-refractivity contribution in [3.8, 4) is 0 Å². The summed E-state index contributed by atoms with van der Waals surface area (Å²) in [4.78, 5) is 17.2. The van der Waals surface area contributed by atoms with Crippen LogP contribution in [-0.4, -0.2) is 52.9 Å². The summed E-state index contributed by atoms with van der Waals surface area (Å²) in [6, 6.07) is 0.556. The van der Waals surface area contributed by atoms with Crippen LogP contribution < -0.4 is 5.73 Å². The molecule has 0 aromatic rings. The molecule has 5 heteroatoms. The monoisotopic (exact) mass is 269 g/mol. The molecule has 0 spiro atoms. The maximum Gasteiger partial charge on any atom is 0.232 e. The Morgan fingerprint density at radius 1 is 1.39 bits per heavy atom. The van der Waals surface area contributed by atoms with E-state index in [1.165, 1.54) is 25.8 Å². The first kappa shape index (κ1) is 13.7. The van der Waals surface area contributed by atoms with Gasteiger partial charge < -0.3 is 10.6 Å². The van der Waals surface area contributed by atoms with Crippen molar-refractivity contribution < 1.29 is 4.79 Å². The number of piperazine rings is 1. The summed E-state index contributed by atoms with van der Waals surface area (Å²) in [5.74, 6) is -0.134. The number of carbonyl (C=O) groups is 1. The third-order valence-electron chi connectivity index (χ3n) is 4.20. The van der Waals surface area contributed by atoms with Crippen molar-refractivity contribution in [3.05, 3.63) is 0 Å². The molecule has 18 heavy (non-hydrogen) atoms. The highest BCUT2D eigenvalue weighted by atomic mass is 32.1. The summed E-state index contributed by atoms with van der Waals surface area (Å²) in [6.45, 7) is 5.86. The summed E-state index contributed by atoms with van der Waals surface area (Å²) < 4.78 is 0. The van der Waals surface area contributed by atoms with Crippen molar-refractivity contribution in [2.75, 3.05) is 26.2 Å². The molecule has 2 heterocycles. The Bertz CT molecular complexity index is 334. The molecule has 0 saturated carbocycles. The van der Waals surface area contributed by atoms with Crippen molar-refractivity contribution >= 4 is 23.1 Å². The third kappa shape index (κ3) is 2.83. The maximum atomic E-state index is 12.4. The second kappa shape index (κ2) is 5.97. The molecule has 0 aromatic carbocycles. The Kier molecular flexibility index (Phi) is 4.56. The Balaban J connectivity index is 1.97. The van der Waals surface area contributed by atoms with E-state index in [0.29, 0.717) is 17.5 Å². The number of thiocarbonyl (C=S) groups is 1. The maximum absolute atomic E-state index is 12.4. The first-order valence-electron chi connectivity index (χ1n) is 6.95. The van der Waals surface area contributed by atoms with Crippen molar-refractivity contribution in [2.24, 2.45) is 11.7 Å². The lowest BCUT2D eigenvalue weighted by atomic mass is 9.97. The molecule has 0 bridgehead atoms. The summed E-state index contributed by atoms with van der Waals surface area (Å²) in [5, 5.41) is 0. The zero-order valence-corrected chi connectivity index (χ0v) is 11.9. The fourth-order valence-corrected chi connectivity index (χ4v) is 3.34. The topological polar surface area (TPSA) is 49.6 Å². The van der Waals surface area contributed by atoms with Gasteiger partial charge in [0, 0.05) is 25.7 Å². The van der Waals surface area contributed by atoms with Gasteiger partial charge >= 0.3 is 0 Å². The average Bonchev–Trinajstić information content (AvgIpc) is 2.38. The van der Waals surface area contributed by atoms with Gasteiger partial charge in [0.1, 0.15) is 0 Å². The van der Waals surface area contributed by atoms with Gasteiger partial charge in [0.15, 0.2) is 0 Å². The number of carbonyl (C=O) groups excluding carboxylic acids is 1. The molecule has 0 radical (unpaired) electrons. The Morgan fingerprint density at radius 3 is 2.83 bits per heavy atom. The lowest BCUT2D eigenvalue weighted by molar-refractivity contribution is -0.137. The second-order valence-corrected chi connectivity index (χ2v) is 5.80. The van der Waals surface area contributed by atoms with Crippen molar-refractivity contribution in [1.82, 2.24) is 9.80 Å². The lowest BCUT2D eigenvalue weighted by Gasteiger charge is -2.44. The van der Waals surface area contributed by atoms with Crippen LogP contribution in [0.1, 0.15) is 32.6 Å². The quantitative estimate of drug-likeness (QED) is 0.777. The van der Waals surface area contributed by atoms with E-state index in [9.17, 15) is 4.79 Å². The normalized spacial score (nSPS) is 26.5. The molecule has 0 aliphatic carbocycles. The van der Waals surface area contributed by atoms with Crippen molar-refractivity contribution in [1.29, 1.82) is 0 Å². The number of amides is 1. The molecule has 2 unspecified atom stereocenters. The molecular formula is C13H23N3OS. The number of nitrogens with zero attached hydrogens (tertiary/aromatic N) is 2. The van der Waals surface area contributed by atoms with Gasteiger partial charge in [-0.3, -0.25) is 9.69 Å². The standard InChI is InChI=1S/C13H23N3OS/c1-2-11(12(14)18)13(17)16-8-7-15-6-4-3-5-10(15)9-16/h10-11H,2-9H2,1H3,(H2,14,18). The third-order valence-corrected chi connectivity index (χ3v) is 4.48. The van der Waals surface area contributed by atoms with Crippen LogP contribution in [0.25, 0.3) is 0 Å².